The van der Waals surface area contributed by atoms with Crippen LogP contribution < -0.4 is 10.1 Å². The highest BCUT2D eigenvalue weighted by Gasteiger charge is 2.24. The van der Waals surface area contributed by atoms with Gasteiger partial charge in [-0.3, -0.25) is 14.9 Å². The fourth-order valence-corrected chi connectivity index (χ4v) is 3.36. The lowest BCUT2D eigenvalue weighted by molar-refractivity contribution is -0.133. The van der Waals surface area contributed by atoms with Crippen LogP contribution in [0.15, 0.2) is 30.6 Å². The average Bonchev–Trinajstić information content (AvgIpc) is 3.33. The fraction of sp³-hybridized carbons (Fsp3) is 0.524. The molecule has 31 heavy (non-hydrogen) atoms. The lowest BCUT2D eigenvalue weighted by atomic mass is 9.98. The number of carbonyl (C=O) groups is 2. The number of rotatable bonds is 10. The molecule has 0 radical (unpaired) electrons. The van der Waals surface area contributed by atoms with Gasteiger partial charge in [-0.2, -0.15) is 5.10 Å². The normalized spacial score (nSPS) is 16.0. The van der Waals surface area contributed by atoms with E-state index < -0.39 is 6.09 Å². The summed E-state index contributed by atoms with van der Waals surface area (Å²) in [5.74, 6) is 0.979. The van der Waals surface area contributed by atoms with Crippen molar-refractivity contribution in [2.75, 3.05) is 46.6 Å². The predicted molar refractivity (Wildman–Crippen MR) is 112 cm³/mol. The number of amides is 2. The maximum absolute atomic E-state index is 12.5. The second-order valence-corrected chi connectivity index (χ2v) is 7.31. The number of piperidine rings is 1. The third-order valence-corrected chi connectivity index (χ3v) is 5.00. The molecule has 1 fully saturated rings. The highest BCUT2D eigenvalue weighted by atomic mass is 16.6. The zero-order valence-corrected chi connectivity index (χ0v) is 17.7. The first-order valence-electron chi connectivity index (χ1n) is 10.4. The maximum atomic E-state index is 12.5. The smallest absolute Gasteiger partial charge is 0.407 e. The van der Waals surface area contributed by atoms with Gasteiger partial charge in [0.15, 0.2) is 0 Å². The zero-order chi connectivity index (χ0) is 21.9. The molecule has 0 spiro atoms. The van der Waals surface area contributed by atoms with E-state index in [0.717, 1.165) is 30.8 Å². The van der Waals surface area contributed by atoms with Crippen molar-refractivity contribution in [1.82, 2.24) is 25.4 Å². The summed E-state index contributed by atoms with van der Waals surface area (Å²) in [6, 6.07) is 5.62. The largest absolute Gasteiger partial charge is 0.492 e. The summed E-state index contributed by atoms with van der Waals surface area (Å²) < 4.78 is 15.6. The molecule has 1 saturated heterocycles. The van der Waals surface area contributed by atoms with Crippen molar-refractivity contribution in [3.05, 3.63) is 30.6 Å². The summed E-state index contributed by atoms with van der Waals surface area (Å²) in [5.41, 5.74) is 1.65. The fourth-order valence-electron chi connectivity index (χ4n) is 3.36. The van der Waals surface area contributed by atoms with E-state index in [1.54, 1.807) is 12.4 Å². The number of pyridine rings is 1. The van der Waals surface area contributed by atoms with Crippen LogP contribution in [0.3, 0.4) is 0 Å². The molecule has 1 aliphatic heterocycles. The van der Waals surface area contributed by atoms with E-state index in [-0.39, 0.29) is 31.4 Å². The minimum Gasteiger partial charge on any atom is -0.492 e. The van der Waals surface area contributed by atoms with Gasteiger partial charge in [0.2, 0.25) is 5.91 Å². The van der Waals surface area contributed by atoms with Gasteiger partial charge < -0.3 is 24.4 Å². The first-order chi connectivity index (χ1) is 15.2. The van der Waals surface area contributed by atoms with Crippen LogP contribution in [0.4, 0.5) is 4.79 Å². The topological polar surface area (TPSA) is 119 Å². The standard InChI is InChI=1S/C21H29N5O5/c1-29-11-12-30-21(28)22-8-7-20(27)26-10-2-3-16(14-26)15-31-17-4-5-18(23-13-17)19-6-9-24-25-19/h4-6,9,13,16H,2-3,7-8,10-12,14-15H2,1H3,(H,22,28)(H,24,25)/t16-/m1/s1. The van der Waals surface area contributed by atoms with Gasteiger partial charge in [-0.05, 0) is 31.0 Å². The average molecular weight is 431 g/mol. The van der Waals surface area contributed by atoms with Gasteiger partial charge in [-0.1, -0.05) is 0 Å². The highest BCUT2D eigenvalue weighted by molar-refractivity contribution is 5.77. The second kappa shape index (κ2) is 11.9. The number of carbonyl (C=O) groups excluding carboxylic acids is 2. The van der Waals surface area contributed by atoms with Crippen LogP contribution in [0.5, 0.6) is 5.75 Å². The van der Waals surface area contributed by atoms with Crippen molar-refractivity contribution in [1.29, 1.82) is 0 Å². The van der Waals surface area contributed by atoms with Crippen molar-refractivity contribution >= 4 is 12.0 Å². The minimum atomic E-state index is -0.540. The number of ether oxygens (including phenoxy) is 3. The third-order valence-electron chi connectivity index (χ3n) is 5.00. The van der Waals surface area contributed by atoms with E-state index in [1.165, 1.54) is 7.11 Å². The molecule has 0 saturated carbocycles. The molecule has 2 aromatic rings. The molecule has 2 aromatic heterocycles. The summed E-state index contributed by atoms with van der Waals surface area (Å²) in [6.45, 7) is 2.68. The third kappa shape index (κ3) is 7.25. The van der Waals surface area contributed by atoms with Crippen LogP contribution in [-0.2, 0) is 14.3 Å². The number of hydrogen-bond acceptors (Lipinski definition) is 7. The van der Waals surface area contributed by atoms with Gasteiger partial charge in [0.25, 0.3) is 0 Å². The predicted octanol–water partition coefficient (Wildman–Crippen LogP) is 1.85. The van der Waals surface area contributed by atoms with Crippen LogP contribution in [-0.4, -0.2) is 78.6 Å². The maximum Gasteiger partial charge on any atom is 0.407 e. The van der Waals surface area contributed by atoms with Gasteiger partial charge in [-0.25, -0.2) is 4.79 Å². The summed E-state index contributed by atoms with van der Waals surface area (Å²) in [7, 11) is 1.53. The Labute approximate surface area is 181 Å². The number of aromatic nitrogens is 3. The molecule has 0 bridgehead atoms. The molecule has 0 unspecified atom stereocenters. The van der Waals surface area contributed by atoms with Gasteiger partial charge in [-0.15, -0.1) is 0 Å². The Morgan fingerprint density at radius 2 is 2.19 bits per heavy atom. The molecule has 10 nitrogen and oxygen atoms in total. The van der Waals surface area contributed by atoms with E-state index in [2.05, 4.69) is 20.5 Å². The van der Waals surface area contributed by atoms with E-state index in [0.29, 0.717) is 25.5 Å². The Morgan fingerprint density at radius 3 is 2.94 bits per heavy atom. The number of alkyl carbamates (subject to hydrolysis) is 1. The van der Waals surface area contributed by atoms with E-state index >= 15 is 0 Å². The SMILES string of the molecule is COCCOC(=O)NCCC(=O)N1CCC[C@@H](COc2ccc(-c3ccn[nH]3)nc2)C1. The van der Waals surface area contributed by atoms with E-state index in [4.69, 9.17) is 14.2 Å². The minimum absolute atomic E-state index is 0.0208. The number of likely N-dealkylation sites (tertiary alicyclic amines) is 1. The Morgan fingerprint density at radius 1 is 1.29 bits per heavy atom. The van der Waals surface area contributed by atoms with Gasteiger partial charge in [0, 0.05) is 45.3 Å². The van der Waals surface area contributed by atoms with Crippen molar-refractivity contribution in [2.45, 2.75) is 19.3 Å². The summed E-state index contributed by atoms with van der Waals surface area (Å²) in [4.78, 5) is 30.2. The van der Waals surface area contributed by atoms with Crippen molar-refractivity contribution in [3.8, 4) is 17.1 Å². The summed E-state index contributed by atoms with van der Waals surface area (Å²) >= 11 is 0. The van der Waals surface area contributed by atoms with Crippen molar-refractivity contribution < 1.29 is 23.8 Å². The number of H-pyrrole nitrogens is 1. The molecule has 0 aliphatic carbocycles. The number of nitrogens with one attached hydrogen (secondary N) is 2. The molecule has 1 atom stereocenters. The molecule has 10 heteroatoms. The van der Waals surface area contributed by atoms with Crippen LogP contribution in [0.25, 0.3) is 11.4 Å². The number of methoxy groups -OCH3 is 1. The Bertz CT molecular complexity index is 812. The van der Waals surface area contributed by atoms with Gasteiger partial charge in [0.1, 0.15) is 12.4 Å². The zero-order valence-electron chi connectivity index (χ0n) is 17.7. The van der Waals surface area contributed by atoms with Gasteiger partial charge in [0.05, 0.1) is 30.8 Å². The van der Waals surface area contributed by atoms with Gasteiger partial charge >= 0.3 is 6.09 Å². The molecular formula is C21H29N5O5. The molecule has 2 amide bonds. The summed E-state index contributed by atoms with van der Waals surface area (Å²) in [6.07, 6.45) is 5.02. The molecule has 2 N–H and O–H groups in total. The Balaban J connectivity index is 1.37. The van der Waals surface area contributed by atoms with Crippen LogP contribution in [0.2, 0.25) is 0 Å². The van der Waals surface area contributed by atoms with E-state index in [1.807, 2.05) is 23.1 Å². The van der Waals surface area contributed by atoms with Crippen molar-refractivity contribution in [2.24, 2.45) is 5.92 Å². The lowest BCUT2D eigenvalue weighted by Gasteiger charge is -2.32. The molecule has 168 valence electrons. The summed E-state index contributed by atoms with van der Waals surface area (Å²) in [5, 5.41) is 9.38. The van der Waals surface area contributed by atoms with Crippen molar-refractivity contribution in [3.63, 3.8) is 0 Å². The first kappa shape index (κ1) is 22.5. The Hall–Kier alpha value is -3.14. The second-order valence-electron chi connectivity index (χ2n) is 7.31. The molecular weight excluding hydrogens is 402 g/mol. The van der Waals surface area contributed by atoms with Crippen LogP contribution in [0.1, 0.15) is 19.3 Å². The molecule has 1 aliphatic rings. The quantitative estimate of drug-likeness (QED) is 0.551. The number of nitrogens with zero attached hydrogens (tertiary/aromatic N) is 3. The molecule has 0 aromatic carbocycles. The van der Waals surface area contributed by atoms with Crippen LogP contribution >= 0.6 is 0 Å². The monoisotopic (exact) mass is 431 g/mol. The first-order valence-corrected chi connectivity index (χ1v) is 10.4. The lowest BCUT2D eigenvalue weighted by Crippen LogP contribution is -2.42. The molecule has 3 heterocycles. The number of hydrogen-bond donors (Lipinski definition) is 2. The van der Waals surface area contributed by atoms with Crippen LogP contribution in [0, 0.1) is 5.92 Å². The molecule has 3 rings (SSSR count). The number of aromatic amines is 1. The highest BCUT2D eigenvalue weighted by Crippen LogP contribution is 2.21. The Kier molecular flexibility index (Phi) is 8.65. The van der Waals surface area contributed by atoms with E-state index in [9.17, 15) is 9.59 Å².